The highest BCUT2D eigenvalue weighted by Crippen LogP contribution is 2.18. The minimum Gasteiger partial charge on any atom is -0.375 e. The summed E-state index contributed by atoms with van der Waals surface area (Å²) in [6, 6.07) is 7.85. The molecule has 2 unspecified atom stereocenters. The van der Waals surface area contributed by atoms with Gasteiger partial charge in [0.05, 0.1) is 18.8 Å². The average molecular weight is 282 g/mol. The molecule has 1 aromatic carbocycles. The maximum Gasteiger partial charge on any atom is 0.223 e. The van der Waals surface area contributed by atoms with Gasteiger partial charge in [-0.1, -0.05) is 29.8 Å². The molecular formula is C15H20ClNO2. The van der Waals surface area contributed by atoms with Gasteiger partial charge in [0.1, 0.15) is 0 Å². The normalized spacial score (nSPS) is 23.4. The SMILES string of the molecule is CC1CN(C(=O)CCc2ccccc2Cl)C(C)CO1. The fraction of sp³-hybridized carbons (Fsp3) is 0.533. The fourth-order valence-electron chi connectivity index (χ4n) is 2.34. The second-order valence-corrected chi connectivity index (χ2v) is 5.54. The molecule has 1 amide bonds. The lowest BCUT2D eigenvalue weighted by molar-refractivity contribution is -0.143. The Morgan fingerprint density at radius 2 is 2.16 bits per heavy atom. The summed E-state index contributed by atoms with van der Waals surface area (Å²) < 4.78 is 5.54. The zero-order valence-corrected chi connectivity index (χ0v) is 12.2. The van der Waals surface area contributed by atoms with E-state index in [4.69, 9.17) is 16.3 Å². The Labute approximate surface area is 119 Å². The summed E-state index contributed by atoms with van der Waals surface area (Å²) in [4.78, 5) is 14.2. The number of nitrogens with zero attached hydrogens (tertiary/aromatic N) is 1. The van der Waals surface area contributed by atoms with Crippen LogP contribution in [0.5, 0.6) is 0 Å². The first-order valence-corrected chi connectivity index (χ1v) is 7.10. The van der Waals surface area contributed by atoms with Crippen LogP contribution in [0.4, 0.5) is 0 Å². The van der Waals surface area contributed by atoms with Crippen LogP contribution in [0.25, 0.3) is 0 Å². The van der Waals surface area contributed by atoms with E-state index >= 15 is 0 Å². The smallest absolute Gasteiger partial charge is 0.223 e. The number of hydrogen-bond acceptors (Lipinski definition) is 2. The number of ether oxygens (including phenoxy) is 1. The molecular weight excluding hydrogens is 262 g/mol. The van der Waals surface area contributed by atoms with Crippen molar-refractivity contribution in [1.82, 2.24) is 4.90 Å². The van der Waals surface area contributed by atoms with Gasteiger partial charge in [-0.2, -0.15) is 0 Å². The van der Waals surface area contributed by atoms with Crippen LogP contribution in [0.1, 0.15) is 25.8 Å². The molecule has 1 aliphatic rings. The first kappa shape index (κ1) is 14.4. The number of morpholine rings is 1. The van der Waals surface area contributed by atoms with Crippen LogP contribution in [-0.4, -0.2) is 36.1 Å². The zero-order valence-electron chi connectivity index (χ0n) is 11.4. The van der Waals surface area contributed by atoms with E-state index in [-0.39, 0.29) is 18.1 Å². The van der Waals surface area contributed by atoms with Crippen molar-refractivity contribution in [3.8, 4) is 0 Å². The molecule has 1 aromatic rings. The highest BCUT2D eigenvalue weighted by atomic mass is 35.5. The van der Waals surface area contributed by atoms with Crippen molar-refractivity contribution in [3.05, 3.63) is 34.9 Å². The minimum absolute atomic E-state index is 0.125. The number of amides is 1. The summed E-state index contributed by atoms with van der Waals surface area (Å²) in [5, 5.41) is 0.735. The van der Waals surface area contributed by atoms with Crippen molar-refractivity contribution < 1.29 is 9.53 Å². The van der Waals surface area contributed by atoms with E-state index in [1.54, 1.807) is 0 Å². The Kier molecular flexibility index (Phi) is 4.83. The largest absolute Gasteiger partial charge is 0.375 e. The Bertz CT molecular complexity index is 450. The van der Waals surface area contributed by atoms with Crippen LogP contribution < -0.4 is 0 Å². The predicted molar refractivity (Wildman–Crippen MR) is 76.4 cm³/mol. The standard InChI is InChI=1S/C15H20ClNO2/c1-11-10-19-12(2)9-17(11)15(18)8-7-13-5-3-4-6-14(13)16/h3-6,11-12H,7-10H2,1-2H3. The van der Waals surface area contributed by atoms with Crippen molar-refractivity contribution in [3.63, 3.8) is 0 Å². The molecule has 0 aliphatic carbocycles. The zero-order chi connectivity index (χ0) is 13.8. The lowest BCUT2D eigenvalue weighted by atomic mass is 10.1. The summed E-state index contributed by atoms with van der Waals surface area (Å²) in [5.41, 5.74) is 1.03. The van der Waals surface area contributed by atoms with Crippen LogP contribution in [0, 0.1) is 0 Å². The van der Waals surface area contributed by atoms with Crippen LogP contribution >= 0.6 is 11.6 Å². The second-order valence-electron chi connectivity index (χ2n) is 5.13. The lowest BCUT2D eigenvalue weighted by Gasteiger charge is -2.37. The number of aryl methyl sites for hydroxylation is 1. The number of carbonyl (C=O) groups excluding carboxylic acids is 1. The van der Waals surface area contributed by atoms with Gasteiger partial charge in [-0.15, -0.1) is 0 Å². The number of hydrogen-bond donors (Lipinski definition) is 0. The molecule has 0 radical (unpaired) electrons. The molecule has 0 spiro atoms. The Morgan fingerprint density at radius 3 is 2.89 bits per heavy atom. The summed E-state index contributed by atoms with van der Waals surface area (Å²) in [7, 11) is 0. The summed E-state index contributed by atoms with van der Waals surface area (Å²) in [6.45, 7) is 5.33. The molecule has 2 rings (SSSR count). The highest BCUT2D eigenvalue weighted by Gasteiger charge is 2.27. The average Bonchev–Trinajstić information content (AvgIpc) is 2.40. The monoisotopic (exact) mass is 281 g/mol. The molecule has 1 saturated heterocycles. The van der Waals surface area contributed by atoms with Crippen LogP contribution in [0.2, 0.25) is 5.02 Å². The van der Waals surface area contributed by atoms with Crippen molar-refractivity contribution in [2.75, 3.05) is 13.2 Å². The molecule has 1 heterocycles. The van der Waals surface area contributed by atoms with Gasteiger partial charge < -0.3 is 9.64 Å². The third-order valence-electron chi connectivity index (χ3n) is 3.49. The summed E-state index contributed by atoms with van der Waals surface area (Å²) in [6.07, 6.45) is 1.32. The van der Waals surface area contributed by atoms with Gasteiger partial charge in [0, 0.05) is 18.0 Å². The molecule has 3 nitrogen and oxygen atoms in total. The quantitative estimate of drug-likeness (QED) is 0.853. The molecule has 104 valence electrons. The summed E-state index contributed by atoms with van der Waals surface area (Å²) >= 11 is 6.10. The van der Waals surface area contributed by atoms with E-state index in [1.165, 1.54) is 0 Å². The topological polar surface area (TPSA) is 29.5 Å². The Morgan fingerprint density at radius 1 is 1.42 bits per heavy atom. The van der Waals surface area contributed by atoms with Gasteiger partial charge in [-0.25, -0.2) is 0 Å². The summed E-state index contributed by atoms with van der Waals surface area (Å²) in [5.74, 6) is 0.183. The van der Waals surface area contributed by atoms with E-state index in [0.29, 0.717) is 26.0 Å². The molecule has 0 N–H and O–H groups in total. The third kappa shape index (κ3) is 3.71. The predicted octanol–water partition coefficient (Wildman–Crippen LogP) is 2.91. The van der Waals surface area contributed by atoms with E-state index in [0.717, 1.165) is 10.6 Å². The molecule has 0 saturated carbocycles. The van der Waals surface area contributed by atoms with E-state index in [2.05, 4.69) is 0 Å². The van der Waals surface area contributed by atoms with Crippen LogP contribution in [0.15, 0.2) is 24.3 Å². The highest BCUT2D eigenvalue weighted by molar-refractivity contribution is 6.31. The minimum atomic E-state index is 0.125. The molecule has 1 aliphatic heterocycles. The van der Waals surface area contributed by atoms with Gasteiger partial charge >= 0.3 is 0 Å². The Hall–Kier alpha value is -1.06. The molecule has 2 atom stereocenters. The first-order chi connectivity index (χ1) is 9.08. The maximum absolute atomic E-state index is 12.3. The van der Waals surface area contributed by atoms with Gasteiger partial charge in [0.15, 0.2) is 0 Å². The molecule has 4 heteroatoms. The van der Waals surface area contributed by atoms with Crippen molar-refractivity contribution in [2.24, 2.45) is 0 Å². The lowest BCUT2D eigenvalue weighted by Crippen LogP contribution is -2.50. The molecule has 19 heavy (non-hydrogen) atoms. The number of benzene rings is 1. The van der Waals surface area contributed by atoms with Gasteiger partial charge in [-0.05, 0) is 31.9 Å². The number of carbonyl (C=O) groups is 1. The van der Waals surface area contributed by atoms with Crippen molar-refractivity contribution in [2.45, 2.75) is 38.8 Å². The van der Waals surface area contributed by atoms with Crippen LogP contribution in [0.3, 0.4) is 0 Å². The molecule has 0 bridgehead atoms. The van der Waals surface area contributed by atoms with Crippen molar-refractivity contribution in [1.29, 1.82) is 0 Å². The van der Waals surface area contributed by atoms with Gasteiger partial charge in [-0.3, -0.25) is 4.79 Å². The van der Waals surface area contributed by atoms with E-state index < -0.39 is 0 Å². The Balaban J connectivity index is 1.92. The number of rotatable bonds is 3. The molecule has 1 fully saturated rings. The van der Waals surface area contributed by atoms with E-state index in [1.807, 2.05) is 43.0 Å². The maximum atomic E-state index is 12.3. The van der Waals surface area contributed by atoms with Crippen LogP contribution in [-0.2, 0) is 16.0 Å². The first-order valence-electron chi connectivity index (χ1n) is 6.72. The van der Waals surface area contributed by atoms with Gasteiger partial charge in [0.2, 0.25) is 5.91 Å². The van der Waals surface area contributed by atoms with E-state index in [9.17, 15) is 4.79 Å². The second kappa shape index (κ2) is 6.40. The van der Waals surface area contributed by atoms with Gasteiger partial charge in [0.25, 0.3) is 0 Å². The molecule has 0 aromatic heterocycles. The fourth-order valence-corrected chi connectivity index (χ4v) is 2.57. The van der Waals surface area contributed by atoms with Crippen molar-refractivity contribution >= 4 is 17.5 Å². The number of halogens is 1. The third-order valence-corrected chi connectivity index (χ3v) is 3.86.